The van der Waals surface area contributed by atoms with Crippen molar-refractivity contribution >= 4 is 29.0 Å². The van der Waals surface area contributed by atoms with E-state index in [9.17, 15) is 4.79 Å². The summed E-state index contributed by atoms with van der Waals surface area (Å²) in [6.07, 6.45) is 0.257. The summed E-state index contributed by atoms with van der Waals surface area (Å²) < 4.78 is 4.72. The van der Waals surface area contributed by atoms with Crippen LogP contribution < -0.4 is 0 Å². The SMILES string of the molecule is COCC(=O)Cc1cccc(Cl)c1Cl. The molecule has 0 aliphatic carbocycles. The molecule has 2 nitrogen and oxygen atoms in total. The zero-order valence-electron chi connectivity index (χ0n) is 7.72. The van der Waals surface area contributed by atoms with Crippen LogP contribution in [0.1, 0.15) is 5.56 Å². The number of hydrogen-bond donors (Lipinski definition) is 0. The second-order valence-electron chi connectivity index (χ2n) is 2.86. The smallest absolute Gasteiger partial charge is 0.162 e. The molecule has 0 fully saturated rings. The lowest BCUT2D eigenvalue weighted by Crippen LogP contribution is -2.09. The normalized spacial score (nSPS) is 10.2. The highest BCUT2D eigenvalue weighted by atomic mass is 35.5. The van der Waals surface area contributed by atoms with E-state index in [1.165, 1.54) is 7.11 Å². The van der Waals surface area contributed by atoms with E-state index >= 15 is 0 Å². The average Bonchev–Trinajstić information content (AvgIpc) is 2.13. The summed E-state index contributed by atoms with van der Waals surface area (Å²) in [7, 11) is 1.48. The van der Waals surface area contributed by atoms with Crippen LogP contribution in [0.5, 0.6) is 0 Å². The van der Waals surface area contributed by atoms with Crippen molar-refractivity contribution in [3.05, 3.63) is 33.8 Å². The Kier molecular flexibility index (Phi) is 4.39. The van der Waals surface area contributed by atoms with Crippen LogP contribution >= 0.6 is 23.2 Å². The van der Waals surface area contributed by atoms with Gasteiger partial charge in [0, 0.05) is 13.5 Å². The number of methoxy groups -OCH3 is 1. The van der Waals surface area contributed by atoms with Gasteiger partial charge in [-0.25, -0.2) is 0 Å². The molecule has 0 bridgehead atoms. The lowest BCUT2D eigenvalue weighted by molar-refractivity contribution is -0.121. The van der Waals surface area contributed by atoms with Crippen molar-refractivity contribution < 1.29 is 9.53 Å². The first-order valence-corrected chi connectivity index (χ1v) is 4.84. The molecule has 0 aromatic heterocycles. The number of ketones is 1. The van der Waals surface area contributed by atoms with E-state index < -0.39 is 0 Å². The molecule has 0 unspecified atom stereocenters. The maximum Gasteiger partial charge on any atom is 0.162 e. The van der Waals surface area contributed by atoms with Gasteiger partial charge >= 0.3 is 0 Å². The number of rotatable bonds is 4. The Morgan fingerprint density at radius 2 is 2.14 bits per heavy atom. The third kappa shape index (κ3) is 2.98. The predicted octanol–water partition coefficient (Wildman–Crippen LogP) is 2.75. The molecule has 14 heavy (non-hydrogen) atoms. The van der Waals surface area contributed by atoms with Gasteiger partial charge in [-0.2, -0.15) is 0 Å². The minimum atomic E-state index is -0.0170. The third-order valence-electron chi connectivity index (χ3n) is 1.72. The minimum Gasteiger partial charge on any atom is -0.377 e. The zero-order chi connectivity index (χ0) is 10.6. The highest BCUT2D eigenvalue weighted by Crippen LogP contribution is 2.25. The molecule has 76 valence electrons. The van der Waals surface area contributed by atoms with Crippen molar-refractivity contribution in [3.63, 3.8) is 0 Å². The van der Waals surface area contributed by atoms with Crippen LogP contribution in [0.25, 0.3) is 0 Å². The lowest BCUT2D eigenvalue weighted by atomic mass is 10.1. The summed E-state index contributed by atoms with van der Waals surface area (Å²) in [5.41, 5.74) is 0.737. The summed E-state index contributed by atoms with van der Waals surface area (Å²) in [4.78, 5) is 11.2. The molecule has 0 spiro atoms. The summed E-state index contributed by atoms with van der Waals surface area (Å²) in [6.45, 7) is 0.100. The number of ether oxygens (including phenoxy) is 1. The van der Waals surface area contributed by atoms with Crippen molar-refractivity contribution in [2.75, 3.05) is 13.7 Å². The first-order valence-electron chi connectivity index (χ1n) is 4.08. The van der Waals surface area contributed by atoms with Gasteiger partial charge in [-0.15, -0.1) is 0 Å². The fourth-order valence-corrected chi connectivity index (χ4v) is 1.50. The summed E-state index contributed by atoms with van der Waals surface area (Å²) in [5, 5.41) is 0.910. The molecule has 0 radical (unpaired) electrons. The van der Waals surface area contributed by atoms with Crippen LogP contribution in [0, 0.1) is 0 Å². The van der Waals surface area contributed by atoms with E-state index in [0.29, 0.717) is 10.0 Å². The van der Waals surface area contributed by atoms with E-state index in [1.807, 2.05) is 0 Å². The third-order valence-corrected chi connectivity index (χ3v) is 2.58. The standard InChI is InChI=1S/C10H10Cl2O2/c1-14-6-8(13)5-7-3-2-4-9(11)10(7)12/h2-4H,5-6H2,1H3. The van der Waals surface area contributed by atoms with E-state index in [2.05, 4.69) is 0 Å². The molecule has 0 saturated heterocycles. The first kappa shape index (κ1) is 11.5. The number of halogens is 2. The van der Waals surface area contributed by atoms with Crippen LogP contribution in [0.2, 0.25) is 10.0 Å². The molecule has 1 aromatic carbocycles. The van der Waals surface area contributed by atoms with Gasteiger partial charge < -0.3 is 4.74 Å². The van der Waals surface area contributed by atoms with Gasteiger partial charge in [0.15, 0.2) is 5.78 Å². The Balaban J connectivity index is 2.76. The van der Waals surface area contributed by atoms with Crippen molar-refractivity contribution in [1.29, 1.82) is 0 Å². The highest BCUT2D eigenvalue weighted by molar-refractivity contribution is 6.42. The van der Waals surface area contributed by atoms with Crippen LogP contribution in [-0.2, 0) is 16.0 Å². The molecule has 0 heterocycles. The summed E-state index contributed by atoms with van der Waals surface area (Å²) in [5.74, 6) is -0.0170. The molecule has 0 aliphatic heterocycles. The number of Topliss-reactive ketones (excluding diaryl/α,β-unsaturated/α-hetero) is 1. The molecule has 0 amide bonds. The average molecular weight is 233 g/mol. The van der Waals surface area contributed by atoms with E-state index in [0.717, 1.165) is 5.56 Å². The van der Waals surface area contributed by atoms with Gasteiger partial charge in [-0.05, 0) is 11.6 Å². The highest BCUT2D eigenvalue weighted by Gasteiger charge is 2.08. The van der Waals surface area contributed by atoms with Crippen LogP contribution in [0.3, 0.4) is 0 Å². The second kappa shape index (κ2) is 5.35. The lowest BCUT2D eigenvalue weighted by Gasteiger charge is -2.04. The van der Waals surface area contributed by atoms with E-state index in [4.69, 9.17) is 27.9 Å². The Morgan fingerprint density at radius 1 is 1.43 bits per heavy atom. The van der Waals surface area contributed by atoms with Crippen LogP contribution in [0.15, 0.2) is 18.2 Å². The van der Waals surface area contributed by atoms with E-state index in [-0.39, 0.29) is 18.8 Å². The Morgan fingerprint density at radius 3 is 2.79 bits per heavy atom. The fourth-order valence-electron chi connectivity index (χ4n) is 1.11. The molecular weight excluding hydrogens is 223 g/mol. The summed E-state index contributed by atoms with van der Waals surface area (Å²) >= 11 is 11.7. The van der Waals surface area contributed by atoms with Crippen LogP contribution in [-0.4, -0.2) is 19.5 Å². The second-order valence-corrected chi connectivity index (χ2v) is 3.65. The molecule has 1 rings (SSSR count). The van der Waals surface area contributed by atoms with Crippen molar-refractivity contribution in [2.24, 2.45) is 0 Å². The summed E-state index contributed by atoms with van der Waals surface area (Å²) in [6, 6.07) is 5.24. The van der Waals surface area contributed by atoms with E-state index in [1.54, 1.807) is 18.2 Å². The predicted molar refractivity (Wildman–Crippen MR) is 57.0 cm³/mol. The Hall–Kier alpha value is -0.570. The fraction of sp³-hybridized carbons (Fsp3) is 0.300. The van der Waals surface area contributed by atoms with Gasteiger partial charge in [-0.3, -0.25) is 4.79 Å². The minimum absolute atomic E-state index is 0.0170. The van der Waals surface area contributed by atoms with Crippen LogP contribution in [0.4, 0.5) is 0 Å². The molecule has 4 heteroatoms. The first-order chi connectivity index (χ1) is 6.65. The Labute approximate surface area is 92.8 Å². The van der Waals surface area contributed by atoms with Crippen molar-refractivity contribution in [1.82, 2.24) is 0 Å². The molecule has 0 saturated carbocycles. The maximum absolute atomic E-state index is 11.2. The van der Waals surface area contributed by atoms with Gasteiger partial charge in [0.05, 0.1) is 10.0 Å². The number of benzene rings is 1. The van der Waals surface area contributed by atoms with Crippen molar-refractivity contribution in [3.8, 4) is 0 Å². The zero-order valence-corrected chi connectivity index (χ0v) is 9.23. The molecule has 0 atom stereocenters. The maximum atomic E-state index is 11.2. The monoisotopic (exact) mass is 232 g/mol. The van der Waals surface area contributed by atoms with Crippen molar-refractivity contribution in [2.45, 2.75) is 6.42 Å². The van der Waals surface area contributed by atoms with Gasteiger partial charge in [-0.1, -0.05) is 35.3 Å². The Bertz CT molecular complexity index is 337. The molecule has 0 N–H and O–H groups in total. The number of carbonyl (C=O) groups excluding carboxylic acids is 1. The topological polar surface area (TPSA) is 26.3 Å². The number of carbonyl (C=O) groups is 1. The van der Waals surface area contributed by atoms with Gasteiger partial charge in [0.1, 0.15) is 6.61 Å². The quantitative estimate of drug-likeness (QED) is 0.799. The van der Waals surface area contributed by atoms with Gasteiger partial charge in [0.25, 0.3) is 0 Å². The van der Waals surface area contributed by atoms with Gasteiger partial charge in [0.2, 0.25) is 0 Å². The molecule has 0 aliphatic rings. The molecule has 1 aromatic rings. The molecular formula is C10H10Cl2O2. The largest absolute Gasteiger partial charge is 0.377 e. The number of hydrogen-bond acceptors (Lipinski definition) is 2.